The standard InChI is InChI=1S/C20H16ClN3O/c21-18-4-2-1-3-16(18)5-6-20(25)24-14-15-7-12-23-19(13-15)17-8-10-22-11-9-17/h1-13H,14H2,(H,24,25)/b6-5+. The maximum atomic E-state index is 12.0. The smallest absolute Gasteiger partial charge is 0.244 e. The van der Waals surface area contributed by atoms with E-state index in [-0.39, 0.29) is 5.91 Å². The molecular formula is C20H16ClN3O. The lowest BCUT2D eigenvalue weighted by Crippen LogP contribution is -2.20. The van der Waals surface area contributed by atoms with Crippen LogP contribution in [0.15, 0.2) is 73.2 Å². The van der Waals surface area contributed by atoms with Crippen molar-refractivity contribution in [1.82, 2.24) is 15.3 Å². The van der Waals surface area contributed by atoms with Crippen LogP contribution in [0.1, 0.15) is 11.1 Å². The highest BCUT2D eigenvalue weighted by molar-refractivity contribution is 6.32. The van der Waals surface area contributed by atoms with E-state index in [0.717, 1.165) is 22.4 Å². The monoisotopic (exact) mass is 349 g/mol. The van der Waals surface area contributed by atoms with Gasteiger partial charge < -0.3 is 5.32 Å². The molecule has 0 unspecified atom stereocenters. The molecular weight excluding hydrogens is 334 g/mol. The summed E-state index contributed by atoms with van der Waals surface area (Å²) in [4.78, 5) is 20.3. The molecule has 0 aliphatic carbocycles. The predicted molar refractivity (Wildman–Crippen MR) is 99.8 cm³/mol. The Morgan fingerprint density at radius 2 is 1.88 bits per heavy atom. The molecule has 0 atom stereocenters. The number of pyridine rings is 2. The molecule has 0 spiro atoms. The Morgan fingerprint density at radius 1 is 1.08 bits per heavy atom. The molecule has 2 heterocycles. The van der Waals surface area contributed by atoms with Gasteiger partial charge in [-0.1, -0.05) is 29.8 Å². The number of carbonyl (C=O) groups excluding carboxylic acids is 1. The van der Waals surface area contributed by atoms with Crippen molar-refractivity contribution in [3.8, 4) is 11.3 Å². The summed E-state index contributed by atoms with van der Waals surface area (Å²) in [5.41, 5.74) is 3.62. The number of rotatable bonds is 5. The first-order valence-electron chi connectivity index (χ1n) is 7.78. The van der Waals surface area contributed by atoms with Crippen LogP contribution in [-0.4, -0.2) is 15.9 Å². The first-order chi connectivity index (χ1) is 12.2. The van der Waals surface area contributed by atoms with Gasteiger partial charge in [0, 0.05) is 41.8 Å². The number of nitrogens with zero attached hydrogens (tertiary/aromatic N) is 2. The van der Waals surface area contributed by atoms with Gasteiger partial charge in [-0.3, -0.25) is 14.8 Å². The van der Waals surface area contributed by atoms with Crippen molar-refractivity contribution in [2.45, 2.75) is 6.54 Å². The van der Waals surface area contributed by atoms with Crippen LogP contribution >= 0.6 is 11.6 Å². The lowest BCUT2D eigenvalue weighted by molar-refractivity contribution is -0.116. The number of amides is 1. The van der Waals surface area contributed by atoms with E-state index in [1.54, 1.807) is 30.7 Å². The van der Waals surface area contributed by atoms with Crippen LogP contribution in [0.3, 0.4) is 0 Å². The molecule has 25 heavy (non-hydrogen) atoms. The number of hydrogen-bond acceptors (Lipinski definition) is 3. The van der Waals surface area contributed by atoms with Crippen LogP contribution in [0, 0.1) is 0 Å². The van der Waals surface area contributed by atoms with E-state index in [2.05, 4.69) is 15.3 Å². The molecule has 1 amide bonds. The topological polar surface area (TPSA) is 54.9 Å². The van der Waals surface area contributed by atoms with Gasteiger partial charge in [0.2, 0.25) is 5.91 Å². The Hall–Kier alpha value is -2.98. The van der Waals surface area contributed by atoms with Gasteiger partial charge in [-0.15, -0.1) is 0 Å². The maximum absolute atomic E-state index is 12.0. The van der Waals surface area contributed by atoms with Crippen molar-refractivity contribution < 1.29 is 4.79 Å². The van der Waals surface area contributed by atoms with Gasteiger partial charge in [-0.2, -0.15) is 0 Å². The molecule has 0 saturated carbocycles. The first kappa shape index (κ1) is 16.9. The highest BCUT2D eigenvalue weighted by atomic mass is 35.5. The Morgan fingerprint density at radius 3 is 2.68 bits per heavy atom. The van der Waals surface area contributed by atoms with E-state index in [9.17, 15) is 4.79 Å². The molecule has 0 bridgehead atoms. The minimum absolute atomic E-state index is 0.179. The van der Waals surface area contributed by atoms with Crippen LogP contribution in [0.4, 0.5) is 0 Å². The van der Waals surface area contributed by atoms with Crippen molar-refractivity contribution in [2.24, 2.45) is 0 Å². The third-order valence-electron chi connectivity index (χ3n) is 3.59. The van der Waals surface area contributed by atoms with E-state index in [1.807, 2.05) is 42.5 Å². The van der Waals surface area contributed by atoms with Gasteiger partial charge in [0.25, 0.3) is 0 Å². The molecule has 3 aromatic rings. The number of halogens is 1. The Balaban J connectivity index is 1.62. The SMILES string of the molecule is O=C(/C=C/c1ccccc1Cl)NCc1ccnc(-c2ccncc2)c1. The van der Waals surface area contributed by atoms with E-state index in [4.69, 9.17) is 11.6 Å². The van der Waals surface area contributed by atoms with Crippen LogP contribution in [0.2, 0.25) is 5.02 Å². The summed E-state index contributed by atoms with van der Waals surface area (Å²) in [7, 11) is 0. The van der Waals surface area contributed by atoms with Crippen LogP contribution < -0.4 is 5.32 Å². The minimum atomic E-state index is -0.179. The second-order valence-corrected chi connectivity index (χ2v) is 5.77. The fourth-order valence-electron chi connectivity index (χ4n) is 2.29. The zero-order chi connectivity index (χ0) is 17.5. The van der Waals surface area contributed by atoms with Gasteiger partial charge in [-0.05, 0) is 47.5 Å². The summed E-state index contributed by atoms with van der Waals surface area (Å²) in [6.45, 7) is 0.423. The largest absolute Gasteiger partial charge is 0.348 e. The lowest BCUT2D eigenvalue weighted by Gasteiger charge is -2.05. The van der Waals surface area contributed by atoms with Gasteiger partial charge >= 0.3 is 0 Å². The Labute approximate surface area is 151 Å². The summed E-state index contributed by atoms with van der Waals surface area (Å²) in [5.74, 6) is -0.179. The van der Waals surface area contributed by atoms with Crippen LogP contribution in [0.25, 0.3) is 17.3 Å². The van der Waals surface area contributed by atoms with Gasteiger partial charge in [0.15, 0.2) is 0 Å². The average molecular weight is 350 g/mol. The average Bonchev–Trinajstić information content (AvgIpc) is 2.67. The molecule has 124 valence electrons. The second-order valence-electron chi connectivity index (χ2n) is 5.36. The number of benzene rings is 1. The fourth-order valence-corrected chi connectivity index (χ4v) is 2.49. The third kappa shape index (κ3) is 4.75. The van der Waals surface area contributed by atoms with Gasteiger partial charge in [0.05, 0.1) is 5.69 Å². The number of carbonyl (C=O) groups is 1. The highest BCUT2D eigenvalue weighted by Crippen LogP contribution is 2.17. The molecule has 1 aromatic carbocycles. The quantitative estimate of drug-likeness (QED) is 0.705. The summed E-state index contributed by atoms with van der Waals surface area (Å²) >= 11 is 6.06. The summed E-state index contributed by atoms with van der Waals surface area (Å²) in [6, 6.07) is 15.0. The molecule has 2 aromatic heterocycles. The molecule has 4 nitrogen and oxygen atoms in total. The summed E-state index contributed by atoms with van der Waals surface area (Å²) < 4.78 is 0. The molecule has 0 aliphatic rings. The number of nitrogens with one attached hydrogen (secondary N) is 1. The van der Waals surface area contributed by atoms with Crippen LogP contribution in [-0.2, 0) is 11.3 Å². The Kier molecular flexibility index (Phi) is 5.54. The third-order valence-corrected chi connectivity index (χ3v) is 3.93. The van der Waals surface area contributed by atoms with Crippen molar-refractivity contribution in [3.63, 3.8) is 0 Å². The normalized spacial score (nSPS) is 10.8. The maximum Gasteiger partial charge on any atom is 0.244 e. The zero-order valence-electron chi connectivity index (χ0n) is 13.4. The highest BCUT2D eigenvalue weighted by Gasteiger charge is 2.02. The van der Waals surface area contributed by atoms with E-state index >= 15 is 0 Å². The van der Waals surface area contributed by atoms with E-state index in [1.165, 1.54) is 6.08 Å². The zero-order valence-corrected chi connectivity index (χ0v) is 14.1. The number of aromatic nitrogens is 2. The molecule has 0 saturated heterocycles. The Bertz CT molecular complexity index is 894. The van der Waals surface area contributed by atoms with E-state index in [0.29, 0.717) is 11.6 Å². The molecule has 0 radical (unpaired) electrons. The molecule has 5 heteroatoms. The minimum Gasteiger partial charge on any atom is -0.348 e. The van der Waals surface area contributed by atoms with Gasteiger partial charge in [0.1, 0.15) is 0 Å². The number of hydrogen-bond donors (Lipinski definition) is 1. The first-order valence-corrected chi connectivity index (χ1v) is 8.16. The van der Waals surface area contributed by atoms with Crippen molar-refractivity contribution >= 4 is 23.6 Å². The second kappa shape index (κ2) is 8.22. The van der Waals surface area contributed by atoms with Crippen molar-refractivity contribution in [2.75, 3.05) is 0 Å². The van der Waals surface area contributed by atoms with Crippen molar-refractivity contribution in [3.05, 3.63) is 89.3 Å². The van der Waals surface area contributed by atoms with Crippen molar-refractivity contribution in [1.29, 1.82) is 0 Å². The summed E-state index contributed by atoms with van der Waals surface area (Å²) in [5, 5.41) is 3.47. The molecule has 0 fully saturated rings. The van der Waals surface area contributed by atoms with Crippen LogP contribution in [0.5, 0.6) is 0 Å². The van der Waals surface area contributed by atoms with E-state index < -0.39 is 0 Å². The lowest BCUT2D eigenvalue weighted by atomic mass is 10.1. The molecule has 3 rings (SSSR count). The predicted octanol–water partition coefficient (Wildman–Crippen LogP) is 4.13. The van der Waals surface area contributed by atoms with Gasteiger partial charge in [-0.25, -0.2) is 0 Å². The molecule has 0 aliphatic heterocycles. The molecule has 1 N–H and O–H groups in total. The summed E-state index contributed by atoms with van der Waals surface area (Å²) in [6.07, 6.45) is 8.37. The fraction of sp³-hybridized carbons (Fsp3) is 0.0500.